The van der Waals surface area contributed by atoms with Crippen LogP contribution in [-0.4, -0.2) is 39.3 Å². The van der Waals surface area contributed by atoms with Crippen LogP contribution in [-0.2, 0) is 6.54 Å². The van der Waals surface area contributed by atoms with Crippen LogP contribution < -0.4 is 0 Å². The molecule has 1 aliphatic rings. The van der Waals surface area contributed by atoms with Gasteiger partial charge in [-0.25, -0.2) is 0 Å². The van der Waals surface area contributed by atoms with Crippen LogP contribution >= 0.6 is 0 Å². The van der Waals surface area contributed by atoms with Crippen LogP contribution in [0.4, 0.5) is 0 Å². The van der Waals surface area contributed by atoms with E-state index in [1.54, 1.807) is 0 Å². The molecule has 0 aromatic carbocycles. The summed E-state index contributed by atoms with van der Waals surface area (Å²) in [5, 5.41) is 13.3. The second kappa shape index (κ2) is 5.60. The molecule has 1 saturated heterocycles. The number of piperidine rings is 1. The van der Waals surface area contributed by atoms with Crippen LogP contribution in [0.15, 0.2) is 4.52 Å². The third-order valence-corrected chi connectivity index (χ3v) is 3.28. The Morgan fingerprint density at radius 3 is 2.94 bits per heavy atom. The van der Waals surface area contributed by atoms with Crippen molar-refractivity contribution in [3.63, 3.8) is 0 Å². The second-order valence-electron chi connectivity index (χ2n) is 5.01. The van der Waals surface area contributed by atoms with Crippen molar-refractivity contribution in [3.8, 4) is 0 Å². The Bertz CT molecular complexity index is 351. The molecule has 0 aliphatic carbocycles. The van der Waals surface area contributed by atoms with Gasteiger partial charge >= 0.3 is 0 Å². The summed E-state index contributed by atoms with van der Waals surface area (Å²) >= 11 is 0. The smallest absolute Gasteiger partial charge is 0.229 e. The Hall–Kier alpha value is -0.940. The van der Waals surface area contributed by atoms with Gasteiger partial charge in [0.1, 0.15) is 0 Å². The summed E-state index contributed by atoms with van der Waals surface area (Å²) in [5.41, 5.74) is 0. The standard InChI is InChI=1S/C12H21N3O2/c1-9(2)12-13-11(14-17-12)7-15-6-4-3-5-10(15)8-16/h9-10,16H,3-8H2,1-2H3. The van der Waals surface area contributed by atoms with Gasteiger partial charge in [0.05, 0.1) is 13.2 Å². The van der Waals surface area contributed by atoms with Gasteiger partial charge in [-0.2, -0.15) is 4.98 Å². The highest BCUT2D eigenvalue weighted by Gasteiger charge is 2.23. The zero-order valence-electron chi connectivity index (χ0n) is 10.6. The molecular formula is C12H21N3O2. The summed E-state index contributed by atoms with van der Waals surface area (Å²) < 4.78 is 5.19. The van der Waals surface area contributed by atoms with E-state index in [0.29, 0.717) is 12.4 Å². The van der Waals surface area contributed by atoms with E-state index >= 15 is 0 Å². The number of hydrogen-bond donors (Lipinski definition) is 1. The molecule has 2 rings (SSSR count). The summed E-state index contributed by atoms with van der Waals surface area (Å²) in [4.78, 5) is 6.62. The van der Waals surface area contributed by atoms with E-state index in [0.717, 1.165) is 18.8 Å². The zero-order valence-corrected chi connectivity index (χ0v) is 10.6. The molecule has 0 saturated carbocycles. The molecule has 0 amide bonds. The molecule has 0 bridgehead atoms. The van der Waals surface area contributed by atoms with Gasteiger partial charge in [0.25, 0.3) is 0 Å². The van der Waals surface area contributed by atoms with Gasteiger partial charge in [-0.15, -0.1) is 0 Å². The fourth-order valence-electron chi connectivity index (χ4n) is 2.22. The molecule has 1 N–H and O–H groups in total. The van der Waals surface area contributed by atoms with Crippen molar-refractivity contribution in [2.45, 2.75) is 51.6 Å². The van der Waals surface area contributed by atoms with Crippen molar-refractivity contribution >= 4 is 0 Å². The van der Waals surface area contributed by atoms with E-state index in [4.69, 9.17) is 4.52 Å². The van der Waals surface area contributed by atoms with Gasteiger partial charge in [0.15, 0.2) is 5.82 Å². The van der Waals surface area contributed by atoms with E-state index in [1.165, 1.54) is 12.8 Å². The van der Waals surface area contributed by atoms with Crippen LogP contribution in [0.1, 0.15) is 50.7 Å². The lowest BCUT2D eigenvalue weighted by Crippen LogP contribution is -2.41. The Morgan fingerprint density at radius 2 is 2.29 bits per heavy atom. The molecule has 1 unspecified atom stereocenters. The molecule has 5 heteroatoms. The van der Waals surface area contributed by atoms with Crippen molar-refractivity contribution in [1.82, 2.24) is 15.0 Å². The van der Waals surface area contributed by atoms with Crippen LogP contribution in [0.2, 0.25) is 0 Å². The molecule has 5 nitrogen and oxygen atoms in total. The molecule has 1 aromatic heterocycles. The molecule has 1 aliphatic heterocycles. The van der Waals surface area contributed by atoms with E-state index in [2.05, 4.69) is 15.0 Å². The topological polar surface area (TPSA) is 62.4 Å². The quantitative estimate of drug-likeness (QED) is 0.863. The first-order valence-electron chi connectivity index (χ1n) is 6.38. The number of aliphatic hydroxyl groups is 1. The molecular weight excluding hydrogens is 218 g/mol. The largest absolute Gasteiger partial charge is 0.395 e. The summed E-state index contributed by atoms with van der Waals surface area (Å²) in [6, 6.07) is 0.254. The Balaban J connectivity index is 1.98. The fraction of sp³-hybridized carbons (Fsp3) is 0.833. The summed E-state index contributed by atoms with van der Waals surface area (Å²) in [7, 11) is 0. The van der Waals surface area contributed by atoms with Crippen molar-refractivity contribution < 1.29 is 9.63 Å². The monoisotopic (exact) mass is 239 g/mol. The lowest BCUT2D eigenvalue weighted by atomic mass is 10.0. The van der Waals surface area contributed by atoms with E-state index in [1.807, 2.05) is 13.8 Å². The molecule has 0 radical (unpaired) electrons. The van der Waals surface area contributed by atoms with Crippen molar-refractivity contribution in [2.24, 2.45) is 0 Å². The van der Waals surface area contributed by atoms with Crippen LogP contribution in [0.5, 0.6) is 0 Å². The number of hydrogen-bond acceptors (Lipinski definition) is 5. The van der Waals surface area contributed by atoms with Crippen LogP contribution in [0, 0.1) is 0 Å². The van der Waals surface area contributed by atoms with E-state index in [9.17, 15) is 5.11 Å². The van der Waals surface area contributed by atoms with Gasteiger partial charge in [0, 0.05) is 12.0 Å². The minimum Gasteiger partial charge on any atom is -0.395 e. The molecule has 1 fully saturated rings. The number of aromatic nitrogens is 2. The molecule has 1 atom stereocenters. The fourth-order valence-corrected chi connectivity index (χ4v) is 2.22. The predicted molar refractivity (Wildman–Crippen MR) is 63.5 cm³/mol. The Labute approximate surface area is 102 Å². The highest BCUT2D eigenvalue weighted by atomic mass is 16.5. The first kappa shape index (κ1) is 12.5. The Kier molecular flexibility index (Phi) is 4.12. The van der Waals surface area contributed by atoms with Gasteiger partial charge in [0.2, 0.25) is 5.89 Å². The molecule has 1 aromatic rings. The van der Waals surface area contributed by atoms with Crippen LogP contribution in [0.25, 0.3) is 0 Å². The van der Waals surface area contributed by atoms with Gasteiger partial charge in [-0.05, 0) is 19.4 Å². The summed E-state index contributed by atoms with van der Waals surface area (Å²) in [6.45, 7) is 5.98. The van der Waals surface area contributed by atoms with Crippen molar-refractivity contribution in [1.29, 1.82) is 0 Å². The number of rotatable bonds is 4. The normalized spacial score (nSPS) is 22.2. The van der Waals surface area contributed by atoms with Crippen LogP contribution in [0.3, 0.4) is 0 Å². The molecule has 0 spiro atoms. The number of nitrogens with zero attached hydrogens (tertiary/aromatic N) is 3. The van der Waals surface area contributed by atoms with Gasteiger partial charge in [-0.3, -0.25) is 4.90 Å². The lowest BCUT2D eigenvalue weighted by molar-refractivity contribution is 0.0812. The zero-order chi connectivity index (χ0) is 12.3. The third kappa shape index (κ3) is 3.04. The number of likely N-dealkylation sites (tertiary alicyclic amines) is 1. The Morgan fingerprint density at radius 1 is 1.47 bits per heavy atom. The molecule has 17 heavy (non-hydrogen) atoms. The minimum atomic E-state index is 0.217. The maximum atomic E-state index is 9.33. The van der Waals surface area contributed by atoms with Gasteiger partial charge < -0.3 is 9.63 Å². The SMILES string of the molecule is CC(C)c1nc(CN2CCCCC2CO)no1. The minimum absolute atomic E-state index is 0.217. The molecule has 2 heterocycles. The second-order valence-corrected chi connectivity index (χ2v) is 5.01. The predicted octanol–water partition coefficient (Wildman–Crippen LogP) is 1.54. The summed E-state index contributed by atoms with van der Waals surface area (Å²) in [6.07, 6.45) is 3.45. The lowest BCUT2D eigenvalue weighted by Gasteiger charge is -2.33. The maximum absolute atomic E-state index is 9.33. The third-order valence-electron chi connectivity index (χ3n) is 3.28. The maximum Gasteiger partial charge on any atom is 0.229 e. The van der Waals surface area contributed by atoms with Crippen molar-refractivity contribution in [2.75, 3.05) is 13.2 Å². The summed E-state index contributed by atoms with van der Waals surface area (Å²) in [5.74, 6) is 1.69. The molecule has 96 valence electrons. The number of aliphatic hydroxyl groups excluding tert-OH is 1. The highest BCUT2D eigenvalue weighted by molar-refractivity contribution is 4.92. The highest BCUT2D eigenvalue weighted by Crippen LogP contribution is 2.19. The first-order valence-corrected chi connectivity index (χ1v) is 6.38. The average molecular weight is 239 g/mol. The van der Waals surface area contributed by atoms with E-state index in [-0.39, 0.29) is 18.6 Å². The average Bonchev–Trinajstić information content (AvgIpc) is 2.78. The van der Waals surface area contributed by atoms with Crippen molar-refractivity contribution in [3.05, 3.63) is 11.7 Å². The van der Waals surface area contributed by atoms with Gasteiger partial charge in [-0.1, -0.05) is 25.4 Å². The van der Waals surface area contributed by atoms with E-state index < -0.39 is 0 Å². The first-order chi connectivity index (χ1) is 8.20.